The van der Waals surface area contributed by atoms with Gasteiger partial charge >= 0.3 is 0 Å². The average molecular weight is 464 g/mol. The summed E-state index contributed by atoms with van der Waals surface area (Å²) in [4.78, 5) is 32.2. The van der Waals surface area contributed by atoms with E-state index in [4.69, 9.17) is 22.1 Å². The van der Waals surface area contributed by atoms with Crippen LogP contribution in [0.15, 0.2) is 30.4 Å². The molecule has 0 unspecified atom stereocenters. The number of nitrogens with two attached hydrogens (primary N) is 1. The van der Waals surface area contributed by atoms with Gasteiger partial charge in [-0.05, 0) is 39.1 Å². The van der Waals surface area contributed by atoms with E-state index in [0.717, 1.165) is 30.9 Å². The summed E-state index contributed by atoms with van der Waals surface area (Å²) in [6.07, 6.45) is 4.97. The summed E-state index contributed by atoms with van der Waals surface area (Å²) < 4.78 is 5.95. The van der Waals surface area contributed by atoms with Gasteiger partial charge in [0.1, 0.15) is 0 Å². The van der Waals surface area contributed by atoms with Crippen LogP contribution in [0.3, 0.4) is 0 Å². The standard InChI is InChI=1S/C23H34ClN5O3/c1-26(2)11-5-9-21(30)29-15-17(16-29)32-14-6-12-28-13-10-19(25)23(31)27(3)20-8-4-7-18(24)22(20)28/h4-5,7-9,17,19H,6,10-16,25H2,1-3H3/b9-5+/t19-/m0/s1. The van der Waals surface area contributed by atoms with Crippen LogP contribution in [0.5, 0.6) is 0 Å². The van der Waals surface area contributed by atoms with Crippen LogP contribution in [-0.4, -0.2) is 94.2 Å². The number of rotatable bonds is 8. The van der Waals surface area contributed by atoms with Crippen molar-refractivity contribution < 1.29 is 14.3 Å². The van der Waals surface area contributed by atoms with Crippen LogP contribution in [0, 0.1) is 0 Å². The Kier molecular flexibility index (Phi) is 8.53. The number of likely N-dealkylation sites (tertiary alicyclic amines) is 1. The van der Waals surface area contributed by atoms with Gasteiger partial charge < -0.3 is 30.1 Å². The van der Waals surface area contributed by atoms with E-state index in [2.05, 4.69) is 4.90 Å². The minimum atomic E-state index is -0.531. The van der Waals surface area contributed by atoms with Crippen LogP contribution in [0.25, 0.3) is 0 Å². The van der Waals surface area contributed by atoms with Crippen molar-refractivity contribution in [3.05, 3.63) is 35.4 Å². The summed E-state index contributed by atoms with van der Waals surface area (Å²) in [7, 11) is 5.67. The Morgan fingerprint density at radius 3 is 2.81 bits per heavy atom. The van der Waals surface area contributed by atoms with Gasteiger partial charge in [-0.3, -0.25) is 9.59 Å². The molecule has 0 spiro atoms. The first-order valence-corrected chi connectivity index (χ1v) is 11.4. The Morgan fingerprint density at radius 1 is 1.34 bits per heavy atom. The summed E-state index contributed by atoms with van der Waals surface area (Å²) in [6.45, 7) is 4.01. The van der Waals surface area contributed by atoms with Gasteiger partial charge in [-0.15, -0.1) is 0 Å². The predicted molar refractivity (Wildman–Crippen MR) is 128 cm³/mol. The van der Waals surface area contributed by atoms with Gasteiger partial charge in [0.2, 0.25) is 11.8 Å². The number of nitrogens with zero attached hydrogens (tertiary/aromatic N) is 4. The molecule has 32 heavy (non-hydrogen) atoms. The number of anilines is 2. The molecule has 3 rings (SSSR count). The number of fused-ring (bicyclic) bond motifs is 1. The number of halogens is 1. The fraction of sp³-hybridized carbons (Fsp3) is 0.565. The summed E-state index contributed by atoms with van der Waals surface area (Å²) in [6, 6.07) is 5.05. The third-order valence-corrected chi connectivity index (χ3v) is 6.12. The molecule has 2 N–H and O–H groups in total. The molecule has 0 aromatic heterocycles. The molecule has 2 heterocycles. The molecule has 1 aromatic rings. The molecule has 0 radical (unpaired) electrons. The molecule has 1 saturated heterocycles. The van der Waals surface area contributed by atoms with Crippen molar-refractivity contribution in [2.24, 2.45) is 5.73 Å². The number of carbonyl (C=O) groups excluding carboxylic acids is 2. The van der Waals surface area contributed by atoms with Crippen molar-refractivity contribution in [1.82, 2.24) is 9.80 Å². The summed E-state index contributed by atoms with van der Waals surface area (Å²) in [5.74, 6) is -0.0641. The molecule has 0 aliphatic carbocycles. The average Bonchev–Trinajstić information content (AvgIpc) is 2.72. The Bertz CT molecular complexity index is 841. The van der Waals surface area contributed by atoms with Gasteiger partial charge in [0.15, 0.2) is 0 Å². The molecular formula is C23H34ClN5O3. The lowest BCUT2D eigenvalue weighted by atomic mass is 10.1. The number of benzene rings is 1. The number of hydrogen-bond donors (Lipinski definition) is 1. The first kappa shape index (κ1) is 24.5. The number of likely N-dealkylation sites (N-methyl/N-ethyl adjacent to an activating group) is 2. The van der Waals surface area contributed by atoms with E-state index >= 15 is 0 Å². The zero-order valence-electron chi connectivity index (χ0n) is 19.2. The van der Waals surface area contributed by atoms with Gasteiger partial charge in [0.25, 0.3) is 0 Å². The molecule has 1 fully saturated rings. The highest BCUT2D eigenvalue weighted by Gasteiger charge is 2.30. The fourth-order valence-corrected chi connectivity index (χ4v) is 4.20. The number of amides is 2. The summed E-state index contributed by atoms with van der Waals surface area (Å²) >= 11 is 6.52. The lowest BCUT2D eigenvalue weighted by molar-refractivity contribution is -0.139. The number of hydrogen-bond acceptors (Lipinski definition) is 6. The van der Waals surface area contributed by atoms with Crippen molar-refractivity contribution in [2.75, 3.05) is 70.3 Å². The first-order chi connectivity index (χ1) is 15.3. The van der Waals surface area contributed by atoms with Crippen molar-refractivity contribution in [3.8, 4) is 0 Å². The topological polar surface area (TPSA) is 82.4 Å². The Balaban J connectivity index is 1.48. The molecule has 176 valence electrons. The van der Waals surface area contributed by atoms with Crippen LogP contribution < -0.4 is 15.5 Å². The van der Waals surface area contributed by atoms with Crippen molar-refractivity contribution in [1.29, 1.82) is 0 Å². The smallest absolute Gasteiger partial charge is 0.246 e. The second-order valence-electron chi connectivity index (χ2n) is 8.64. The van der Waals surface area contributed by atoms with E-state index in [-0.39, 0.29) is 17.9 Å². The third-order valence-electron chi connectivity index (χ3n) is 5.82. The normalized spacial score (nSPS) is 19.9. The van der Waals surface area contributed by atoms with Crippen molar-refractivity contribution in [2.45, 2.75) is 25.0 Å². The predicted octanol–water partition coefficient (Wildman–Crippen LogP) is 1.58. The molecule has 1 atom stereocenters. The third kappa shape index (κ3) is 6.01. The van der Waals surface area contributed by atoms with E-state index in [1.54, 1.807) is 22.9 Å². The van der Waals surface area contributed by atoms with Crippen LogP contribution in [-0.2, 0) is 14.3 Å². The van der Waals surface area contributed by atoms with Crippen LogP contribution >= 0.6 is 11.6 Å². The summed E-state index contributed by atoms with van der Waals surface area (Å²) in [5, 5.41) is 0.619. The van der Waals surface area contributed by atoms with Gasteiger partial charge in [-0.25, -0.2) is 0 Å². The van der Waals surface area contributed by atoms with E-state index < -0.39 is 6.04 Å². The lowest BCUT2D eigenvalue weighted by Crippen LogP contribution is -2.54. The second kappa shape index (κ2) is 11.1. The molecule has 8 nitrogen and oxygen atoms in total. The van der Waals surface area contributed by atoms with E-state index in [9.17, 15) is 9.59 Å². The molecule has 1 aromatic carbocycles. The largest absolute Gasteiger partial charge is 0.374 e. The molecule has 2 aliphatic rings. The molecular weight excluding hydrogens is 430 g/mol. The zero-order valence-corrected chi connectivity index (χ0v) is 19.9. The fourth-order valence-electron chi connectivity index (χ4n) is 3.91. The minimum absolute atomic E-state index is 0.0357. The Hall–Kier alpha value is -2.13. The van der Waals surface area contributed by atoms with Gasteiger partial charge in [0.05, 0.1) is 28.5 Å². The van der Waals surface area contributed by atoms with Gasteiger partial charge in [-0.2, -0.15) is 0 Å². The van der Waals surface area contributed by atoms with Crippen molar-refractivity contribution >= 4 is 34.8 Å². The van der Waals surface area contributed by atoms with E-state index in [1.165, 1.54) is 0 Å². The lowest BCUT2D eigenvalue weighted by Gasteiger charge is -2.38. The molecule has 0 bridgehead atoms. The molecule has 2 aliphatic heterocycles. The maximum Gasteiger partial charge on any atom is 0.246 e. The van der Waals surface area contributed by atoms with E-state index in [1.807, 2.05) is 43.3 Å². The second-order valence-corrected chi connectivity index (χ2v) is 9.05. The van der Waals surface area contributed by atoms with Crippen LogP contribution in [0.1, 0.15) is 12.8 Å². The first-order valence-electron chi connectivity index (χ1n) is 11.1. The number of para-hydroxylation sites is 1. The molecule has 9 heteroatoms. The number of carbonyl (C=O) groups is 2. The zero-order chi connectivity index (χ0) is 23.3. The van der Waals surface area contributed by atoms with Gasteiger partial charge in [0, 0.05) is 52.5 Å². The van der Waals surface area contributed by atoms with E-state index in [0.29, 0.717) is 37.7 Å². The highest BCUT2D eigenvalue weighted by molar-refractivity contribution is 6.34. The maximum absolute atomic E-state index is 12.5. The Labute approximate surface area is 195 Å². The number of ether oxygens (including phenoxy) is 1. The maximum atomic E-state index is 12.5. The minimum Gasteiger partial charge on any atom is -0.374 e. The highest BCUT2D eigenvalue weighted by Crippen LogP contribution is 2.37. The Morgan fingerprint density at radius 2 is 2.09 bits per heavy atom. The van der Waals surface area contributed by atoms with Crippen LogP contribution in [0.2, 0.25) is 5.02 Å². The van der Waals surface area contributed by atoms with Crippen LogP contribution in [0.4, 0.5) is 11.4 Å². The monoisotopic (exact) mass is 463 g/mol. The molecule has 0 saturated carbocycles. The SMILES string of the molecule is CN(C)C/C=C/C(=O)N1CC(OCCCN2CC[C@H](N)C(=O)N(C)c3cccc(Cl)c32)C1. The molecule has 2 amide bonds. The van der Waals surface area contributed by atoms with Crippen molar-refractivity contribution in [3.63, 3.8) is 0 Å². The quantitative estimate of drug-likeness (QED) is 0.465. The summed E-state index contributed by atoms with van der Waals surface area (Å²) in [5.41, 5.74) is 7.72. The van der Waals surface area contributed by atoms with Gasteiger partial charge in [-0.1, -0.05) is 23.7 Å². The highest BCUT2D eigenvalue weighted by atomic mass is 35.5.